The first-order valence-electron chi connectivity index (χ1n) is 24.4. The molecule has 2 aliphatic rings. The highest BCUT2D eigenvalue weighted by molar-refractivity contribution is 6.74. The number of rotatable bonds is 31. The third-order valence-electron chi connectivity index (χ3n) is 12.4. The average molecular weight is 1040 g/mol. The zero-order valence-electron chi connectivity index (χ0n) is 43.6. The number of carbonyl (C=O) groups is 7. The van der Waals surface area contributed by atoms with Gasteiger partial charge in [-0.1, -0.05) is 40.5 Å². The van der Waals surface area contributed by atoms with Crippen LogP contribution in [0.5, 0.6) is 5.75 Å². The van der Waals surface area contributed by atoms with E-state index in [1.165, 1.54) is 12.1 Å². The summed E-state index contributed by atoms with van der Waals surface area (Å²) < 4.78 is 62.0. The van der Waals surface area contributed by atoms with Crippen molar-refractivity contribution in [1.29, 1.82) is 0 Å². The van der Waals surface area contributed by atoms with Crippen LogP contribution in [-0.4, -0.2) is 147 Å². The number of carbonyl (C=O) groups excluding carboxylic acids is 7. The molecule has 0 bridgehead atoms. The first kappa shape index (κ1) is 61.0. The number of alkyl carbamates (subject to hydrolysis) is 1. The van der Waals surface area contributed by atoms with Crippen LogP contribution >= 0.6 is 0 Å². The minimum atomic E-state index is -2.39. The van der Waals surface area contributed by atoms with Gasteiger partial charge in [0.15, 0.2) is 26.6 Å². The van der Waals surface area contributed by atoms with Crippen LogP contribution in [-0.2, 0) is 82.4 Å². The van der Waals surface area contributed by atoms with Crippen molar-refractivity contribution in [3.63, 3.8) is 0 Å². The number of esters is 4. The van der Waals surface area contributed by atoms with Crippen LogP contribution in [0.2, 0.25) is 18.1 Å². The van der Waals surface area contributed by atoms with E-state index in [2.05, 4.69) is 49.6 Å². The van der Waals surface area contributed by atoms with E-state index in [-0.39, 0.29) is 49.3 Å². The molecule has 3 N–H and O–H groups in total. The Bertz CT molecular complexity index is 1990. The molecule has 1 aromatic rings. The van der Waals surface area contributed by atoms with Crippen LogP contribution in [0.25, 0.3) is 0 Å². The predicted octanol–water partition coefficient (Wildman–Crippen LogP) is 4.97. The van der Waals surface area contributed by atoms with E-state index in [1.54, 1.807) is 6.07 Å². The van der Waals surface area contributed by atoms with Crippen molar-refractivity contribution in [2.45, 2.75) is 142 Å². The van der Waals surface area contributed by atoms with Gasteiger partial charge in [0.1, 0.15) is 5.75 Å². The summed E-state index contributed by atoms with van der Waals surface area (Å²) in [6.45, 7) is 18.5. The molecule has 3 unspecified atom stereocenters. The molecule has 3 rings (SSSR count). The third kappa shape index (κ3) is 21.0. The number of ether oxygens (including phenoxy) is 10. The zero-order chi connectivity index (χ0) is 53.4. The van der Waals surface area contributed by atoms with Crippen LogP contribution in [0.3, 0.4) is 0 Å². The molecule has 1 aliphatic carbocycles. The molecular weight excluding hydrogens is 959 g/mol. The molecule has 1 saturated heterocycles. The van der Waals surface area contributed by atoms with Gasteiger partial charge in [-0.15, -0.1) is 12.3 Å². The smallest absolute Gasteiger partial charge is 0.407 e. The molecule has 0 spiro atoms. The SMILES string of the molecule is C#CCC[C@@H]1[C@H](CCC)[C@@H]1COC(=O)NCCOCCOCCOCCNC(=O)CCC(=O)Nc1ccc(O[C@@H]2OC(C(=O)OC)[C@@H](OC(C)=O)C(OC(C)=O)C2OC(C)=O)c(CO[Si](C)(C)C(C)(C)C)c1. The zero-order valence-corrected chi connectivity index (χ0v) is 44.6. The van der Waals surface area contributed by atoms with Gasteiger partial charge in [-0.05, 0) is 60.5 Å². The lowest BCUT2D eigenvalue weighted by Crippen LogP contribution is -2.64. The van der Waals surface area contributed by atoms with Gasteiger partial charge in [-0.3, -0.25) is 24.0 Å². The first-order chi connectivity index (χ1) is 34.1. The molecule has 1 aromatic carbocycles. The lowest BCUT2D eigenvalue weighted by atomic mass is 9.97. The Kier molecular flexibility index (Phi) is 26.0. The van der Waals surface area contributed by atoms with Gasteiger partial charge < -0.3 is 67.7 Å². The van der Waals surface area contributed by atoms with Crippen molar-refractivity contribution < 1.29 is 85.4 Å². The summed E-state index contributed by atoms with van der Waals surface area (Å²) in [6, 6.07) is 4.64. The Morgan fingerprint density at radius 1 is 0.750 bits per heavy atom. The molecule has 21 nitrogen and oxygen atoms in total. The predicted molar refractivity (Wildman–Crippen MR) is 263 cm³/mol. The van der Waals surface area contributed by atoms with Gasteiger partial charge in [0.2, 0.25) is 24.2 Å². The molecule has 3 amide bonds. The summed E-state index contributed by atoms with van der Waals surface area (Å²) in [5.74, 6) is 0.0144. The highest BCUT2D eigenvalue weighted by atomic mass is 28.4. The van der Waals surface area contributed by atoms with E-state index in [4.69, 9.17) is 58.2 Å². The molecule has 1 heterocycles. The highest BCUT2D eigenvalue weighted by Gasteiger charge is 2.56. The van der Waals surface area contributed by atoms with Gasteiger partial charge in [-0.25, -0.2) is 9.59 Å². The van der Waals surface area contributed by atoms with Gasteiger partial charge in [-0.2, -0.15) is 0 Å². The Hall–Kier alpha value is -5.31. The molecule has 0 radical (unpaired) electrons. The number of terminal acetylenes is 1. The van der Waals surface area contributed by atoms with E-state index in [9.17, 15) is 33.6 Å². The fourth-order valence-electron chi connectivity index (χ4n) is 7.66. The molecule has 8 atom stereocenters. The summed E-state index contributed by atoms with van der Waals surface area (Å²) in [7, 11) is -1.31. The van der Waals surface area contributed by atoms with Crippen LogP contribution in [0.1, 0.15) is 92.6 Å². The second-order valence-electron chi connectivity index (χ2n) is 18.9. The van der Waals surface area contributed by atoms with Crippen LogP contribution in [0.15, 0.2) is 18.2 Å². The van der Waals surface area contributed by atoms with Crippen LogP contribution in [0, 0.1) is 30.1 Å². The topological polar surface area (TPSA) is 257 Å². The summed E-state index contributed by atoms with van der Waals surface area (Å²) >= 11 is 0. The van der Waals surface area contributed by atoms with Gasteiger partial charge in [0.05, 0.1) is 60.0 Å². The van der Waals surface area contributed by atoms with E-state index >= 15 is 0 Å². The fourth-order valence-corrected chi connectivity index (χ4v) is 8.61. The minimum Gasteiger partial charge on any atom is -0.467 e. The molecule has 72 heavy (non-hydrogen) atoms. The molecule has 2 fully saturated rings. The van der Waals surface area contributed by atoms with Crippen molar-refractivity contribution in [2.24, 2.45) is 17.8 Å². The maximum atomic E-state index is 13.1. The van der Waals surface area contributed by atoms with Crippen molar-refractivity contribution in [1.82, 2.24) is 10.6 Å². The van der Waals surface area contributed by atoms with Crippen molar-refractivity contribution in [2.75, 3.05) is 71.8 Å². The number of amides is 3. The largest absolute Gasteiger partial charge is 0.467 e. The number of methoxy groups -OCH3 is 1. The monoisotopic (exact) mass is 1040 g/mol. The second-order valence-corrected chi connectivity index (χ2v) is 23.8. The minimum absolute atomic E-state index is 0.00966. The van der Waals surface area contributed by atoms with Gasteiger partial charge >= 0.3 is 30.0 Å². The van der Waals surface area contributed by atoms with Gasteiger partial charge in [0.25, 0.3) is 0 Å². The lowest BCUT2D eigenvalue weighted by Gasteiger charge is -2.43. The maximum absolute atomic E-state index is 13.1. The molecule has 0 aromatic heterocycles. The number of hydrogen-bond donors (Lipinski definition) is 3. The van der Waals surface area contributed by atoms with E-state index in [0.717, 1.165) is 53.6 Å². The van der Waals surface area contributed by atoms with Crippen molar-refractivity contribution in [3.05, 3.63) is 23.8 Å². The Balaban J connectivity index is 1.46. The average Bonchev–Trinajstić information content (AvgIpc) is 3.98. The first-order valence-corrected chi connectivity index (χ1v) is 27.3. The Morgan fingerprint density at radius 2 is 1.32 bits per heavy atom. The summed E-state index contributed by atoms with van der Waals surface area (Å²) in [6.07, 6.45) is 0.652. The highest BCUT2D eigenvalue weighted by Crippen LogP contribution is 2.52. The number of hydrogen-bond acceptors (Lipinski definition) is 18. The molecular formula is C50H77N3O18Si. The Labute approximate surface area is 424 Å². The number of anilines is 1. The van der Waals surface area contributed by atoms with E-state index in [1.807, 2.05) is 13.1 Å². The van der Waals surface area contributed by atoms with Crippen molar-refractivity contribution in [3.8, 4) is 18.1 Å². The summed E-state index contributed by atoms with van der Waals surface area (Å²) in [4.78, 5) is 87.6. The summed E-state index contributed by atoms with van der Waals surface area (Å²) in [5, 5.41) is 8.02. The molecule has 1 aliphatic heterocycles. The van der Waals surface area contributed by atoms with E-state index in [0.29, 0.717) is 75.2 Å². The molecule has 1 saturated carbocycles. The second kappa shape index (κ2) is 30.7. The van der Waals surface area contributed by atoms with Crippen LogP contribution < -0.4 is 20.7 Å². The third-order valence-corrected chi connectivity index (χ3v) is 16.9. The number of benzene rings is 1. The standard InChI is InChI=1S/C50H77N3O18Si/c1-12-14-16-38-37(15-13-2)39(38)31-65-49(60)52-22-24-63-26-28-64-27-25-62-23-21-51-41(57)19-20-42(58)53-36-17-18-40(35(29-36)30-66-72(10,11)50(6,7)8)70-48-46(69-34(5)56)44(68-33(4)55)43(67-32(3)54)45(71-48)47(59)61-9/h1,17-18,29,37-39,43-46,48H,13-16,19-28,30-31H2,2-11H3,(H,51,57)(H,52,60)(H,53,58)/t37-,38+,39-,43-,44?,45?,46?,48+/m0/s1. The maximum Gasteiger partial charge on any atom is 0.407 e. The van der Waals surface area contributed by atoms with Crippen molar-refractivity contribution >= 4 is 55.8 Å². The van der Waals surface area contributed by atoms with Crippen LogP contribution in [0.4, 0.5) is 10.5 Å². The number of nitrogens with one attached hydrogen (secondary N) is 3. The van der Waals surface area contributed by atoms with Gasteiger partial charge in [0, 0.05) is 64.4 Å². The fraction of sp³-hybridized carbons (Fsp3) is 0.700. The molecule has 22 heteroatoms. The normalized spacial score (nSPS) is 21.5. The quantitative estimate of drug-likeness (QED) is 0.0292. The lowest BCUT2D eigenvalue weighted by molar-refractivity contribution is -0.282. The molecule has 404 valence electrons. The Morgan fingerprint density at radius 3 is 1.90 bits per heavy atom. The summed E-state index contributed by atoms with van der Waals surface area (Å²) in [5.41, 5.74) is 0.758. The van der Waals surface area contributed by atoms with E-state index < -0.39 is 74.9 Å².